The van der Waals surface area contributed by atoms with Gasteiger partial charge in [-0.1, -0.05) is 41.9 Å². The predicted molar refractivity (Wildman–Crippen MR) is 141 cm³/mol. The molecular weight excluding hydrogens is 527 g/mol. The van der Waals surface area contributed by atoms with Crippen LogP contribution in [0.2, 0.25) is 5.02 Å². The fraction of sp³-hybridized carbons (Fsp3) is 0.250. The van der Waals surface area contributed by atoms with Gasteiger partial charge in [0.05, 0.1) is 11.6 Å². The van der Waals surface area contributed by atoms with Gasteiger partial charge in [-0.25, -0.2) is 4.39 Å². The molecule has 202 valence electrons. The third kappa shape index (κ3) is 6.23. The molecule has 9 nitrogen and oxygen atoms in total. The number of aromatic nitrogens is 2. The average Bonchev–Trinajstić information content (AvgIpc) is 3.58. The summed E-state index contributed by atoms with van der Waals surface area (Å²) in [5.41, 5.74) is 0.296. The van der Waals surface area contributed by atoms with Crippen molar-refractivity contribution < 1.29 is 28.2 Å². The molecule has 0 spiro atoms. The van der Waals surface area contributed by atoms with Gasteiger partial charge in [-0.3, -0.25) is 14.3 Å². The molecule has 1 aromatic heterocycles. The minimum absolute atomic E-state index is 0.00627. The van der Waals surface area contributed by atoms with Gasteiger partial charge in [-0.2, -0.15) is 5.10 Å². The lowest BCUT2D eigenvalue weighted by atomic mass is 10.0. The lowest BCUT2D eigenvalue weighted by Crippen LogP contribution is -2.47. The van der Waals surface area contributed by atoms with Crippen LogP contribution in [0.3, 0.4) is 0 Å². The van der Waals surface area contributed by atoms with E-state index in [2.05, 4.69) is 10.4 Å². The molecule has 2 amide bonds. The summed E-state index contributed by atoms with van der Waals surface area (Å²) in [4.78, 5) is 27.8. The van der Waals surface area contributed by atoms with Gasteiger partial charge < -0.3 is 24.4 Å². The molecule has 2 aliphatic heterocycles. The molecule has 0 saturated heterocycles. The molecule has 0 aliphatic carbocycles. The molecule has 1 N–H and O–H groups in total. The van der Waals surface area contributed by atoms with Crippen LogP contribution in [-0.4, -0.2) is 44.9 Å². The van der Waals surface area contributed by atoms with Crippen molar-refractivity contribution in [2.75, 3.05) is 11.9 Å². The second kappa shape index (κ2) is 10.8. The van der Waals surface area contributed by atoms with Gasteiger partial charge in [0, 0.05) is 38.6 Å². The standard InChI is InChI=1S/C28H26ClFN4O5/c1-28(2)37-17-20(39-28)15-33-12-11-25(32-33)31-27(36)23(13-18-7-3-5-9-22(18)30)34-16-19(14-26(34)35)38-24-10-6-4-8-21(24)29/h3-12,14,17,23H,13,15-16H2,1-2H3,(H,31,32,36). The fourth-order valence-electron chi connectivity index (χ4n) is 4.25. The molecule has 3 aromatic rings. The number of carbonyl (C=O) groups is 2. The highest BCUT2D eigenvalue weighted by molar-refractivity contribution is 6.32. The molecule has 1 atom stereocenters. The van der Waals surface area contributed by atoms with Crippen LogP contribution in [0.25, 0.3) is 0 Å². The van der Waals surface area contributed by atoms with E-state index in [0.29, 0.717) is 34.4 Å². The van der Waals surface area contributed by atoms with Crippen LogP contribution >= 0.6 is 11.6 Å². The number of nitrogens with one attached hydrogen (secondary N) is 1. The molecule has 5 rings (SSSR count). The normalized spacial score (nSPS) is 16.7. The van der Waals surface area contributed by atoms with Crippen molar-refractivity contribution in [1.82, 2.24) is 14.7 Å². The first-order valence-electron chi connectivity index (χ1n) is 12.2. The Balaban J connectivity index is 1.31. The molecule has 2 aromatic carbocycles. The highest BCUT2D eigenvalue weighted by Gasteiger charge is 2.35. The first-order chi connectivity index (χ1) is 18.7. The van der Waals surface area contributed by atoms with Crippen LogP contribution in [0.5, 0.6) is 5.75 Å². The van der Waals surface area contributed by atoms with Gasteiger partial charge in [-0.05, 0) is 23.8 Å². The van der Waals surface area contributed by atoms with Crippen LogP contribution in [0.1, 0.15) is 19.4 Å². The van der Waals surface area contributed by atoms with Gasteiger partial charge in [0.15, 0.2) is 11.6 Å². The minimum Gasteiger partial charge on any atom is -0.458 e. The lowest BCUT2D eigenvalue weighted by Gasteiger charge is -2.27. The summed E-state index contributed by atoms with van der Waals surface area (Å²) >= 11 is 6.19. The molecule has 2 aliphatic rings. The van der Waals surface area contributed by atoms with Gasteiger partial charge in [0.1, 0.15) is 36.2 Å². The molecule has 0 radical (unpaired) electrons. The number of carbonyl (C=O) groups excluding carboxylic acids is 2. The number of nitrogens with zero attached hydrogens (tertiary/aromatic N) is 3. The second-order valence-corrected chi connectivity index (χ2v) is 9.92. The number of ether oxygens (including phenoxy) is 3. The van der Waals surface area contributed by atoms with Crippen molar-refractivity contribution in [3.05, 3.63) is 101 Å². The number of para-hydroxylation sites is 1. The number of hydrogen-bond donors (Lipinski definition) is 1. The summed E-state index contributed by atoms with van der Waals surface area (Å²) in [5, 5.41) is 7.51. The lowest BCUT2D eigenvalue weighted by molar-refractivity contribution is -0.133. The quantitative estimate of drug-likeness (QED) is 0.415. The van der Waals surface area contributed by atoms with Crippen molar-refractivity contribution in [2.24, 2.45) is 0 Å². The van der Waals surface area contributed by atoms with Crippen LogP contribution < -0.4 is 10.1 Å². The Kier molecular flexibility index (Phi) is 7.30. The summed E-state index contributed by atoms with van der Waals surface area (Å²) in [5.74, 6) is -0.625. The fourth-order valence-corrected chi connectivity index (χ4v) is 4.42. The number of anilines is 1. The third-order valence-corrected chi connectivity index (χ3v) is 6.39. The largest absolute Gasteiger partial charge is 0.458 e. The molecule has 39 heavy (non-hydrogen) atoms. The number of amides is 2. The van der Waals surface area contributed by atoms with Crippen LogP contribution in [0.15, 0.2) is 84.7 Å². The summed E-state index contributed by atoms with van der Waals surface area (Å²) in [6.07, 6.45) is 4.46. The van der Waals surface area contributed by atoms with Gasteiger partial charge in [0.2, 0.25) is 11.7 Å². The topological polar surface area (TPSA) is 94.9 Å². The Hall–Kier alpha value is -4.31. The number of rotatable bonds is 9. The van der Waals surface area contributed by atoms with Gasteiger partial charge >= 0.3 is 0 Å². The second-order valence-electron chi connectivity index (χ2n) is 9.51. The smallest absolute Gasteiger partial charge is 0.251 e. The summed E-state index contributed by atoms with van der Waals surface area (Å²) < 4.78 is 33.1. The maximum atomic E-state index is 14.6. The van der Waals surface area contributed by atoms with Crippen molar-refractivity contribution >= 4 is 29.2 Å². The molecular formula is C28H26ClFN4O5. The number of halogens is 2. The molecule has 0 saturated carbocycles. The zero-order chi connectivity index (χ0) is 27.6. The Morgan fingerprint density at radius 2 is 1.97 bits per heavy atom. The van der Waals surface area contributed by atoms with E-state index < -0.39 is 29.5 Å². The van der Waals surface area contributed by atoms with Crippen LogP contribution in [-0.2, 0) is 32.0 Å². The molecule has 0 fully saturated rings. The van der Waals surface area contributed by atoms with Crippen molar-refractivity contribution in [3.8, 4) is 5.75 Å². The zero-order valence-corrected chi connectivity index (χ0v) is 22.0. The maximum absolute atomic E-state index is 14.6. The van der Waals surface area contributed by atoms with Gasteiger partial charge in [-0.15, -0.1) is 0 Å². The van der Waals surface area contributed by atoms with Crippen LogP contribution in [0.4, 0.5) is 10.2 Å². The third-order valence-electron chi connectivity index (χ3n) is 6.08. The van der Waals surface area contributed by atoms with E-state index in [1.165, 1.54) is 23.3 Å². The monoisotopic (exact) mass is 552 g/mol. The molecule has 11 heteroatoms. The first kappa shape index (κ1) is 26.3. The van der Waals surface area contributed by atoms with E-state index in [9.17, 15) is 14.0 Å². The summed E-state index contributed by atoms with van der Waals surface area (Å²) in [6, 6.07) is 13.6. The van der Waals surface area contributed by atoms with E-state index in [0.717, 1.165) is 0 Å². The van der Waals surface area contributed by atoms with E-state index in [-0.39, 0.29) is 18.8 Å². The SMILES string of the molecule is CC1(C)OC=C(Cn2ccc(NC(=O)C(Cc3ccccc3F)N3CC(Oc4ccccc4Cl)=CC3=O)n2)O1. The number of allylic oxidation sites excluding steroid dienone is 1. The van der Waals surface area contributed by atoms with Crippen molar-refractivity contribution in [3.63, 3.8) is 0 Å². The van der Waals surface area contributed by atoms with E-state index in [1.54, 1.807) is 73.3 Å². The maximum Gasteiger partial charge on any atom is 0.251 e. The number of hydrogen-bond acceptors (Lipinski definition) is 6. The van der Waals surface area contributed by atoms with Crippen molar-refractivity contribution in [2.45, 2.75) is 38.6 Å². The zero-order valence-electron chi connectivity index (χ0n) is 21.3. The van der Waals surface area contributed by atoms with Crippen LogP contribution in [0, 0.1) is 5.82 Å². The Labute approximate surface area is 229 Å². The average molecular weight is 553 g/mol. The Bertz CT molecular complexity index is 1470. The van der Waals surface area contributed by atoms with Gasteiger partial charge in [0.25, 0.3) is 5.91 Å². The predicted octanol–water partition coefficient (Wildman–Crippen LogP) is 4.65. The van der Waals surface area contributed by atoms with Crippen molar-refractivity contribution in [1.29, 1.82) is 0 Å². The number of benzene rings is 2. The minimum atomic E-state index is -1.04. The highest BCUT2D eigenvalue weighted by atomic mass is 35.5. The Morgan fingerprint density at radius 1 is 1.21 bits per heavy atom. The molecule has 3 heterocycles. The highest BCUT2D eigenvalue weighted by Crippen LogP contribution is 2.28. The van der Waals surface area contributed by atoms with E-state index in [4.69, 9.17) is 25.8 Å². The van der Waals surface area contributed by atoms with E-state index >= 15 is 0 Å². The summed E-state index contributed by atoms with van der Waals surface area (Å²) in [7, 11) is 0. The molecule has 1 unspecified atom stereocenters. The Morgan fingerprint density at radius 3 is 2.72 bits per heavy atom. The first-order valence-corrected chi connectivity index (χ1v) is 12.6. The molecule has 0 bridgehead atoms. The van der Waals surface area contributed by atoms with E-state index in [1.807, 2.05) is 0 Å². The summed E-state index contributed by atoms with van der Waals surface area (Å²) in [6.45, 7) is 3.89.